The molecular formula is C39H36N2O12. The van der Waals surface area contributed by atoms with Crippen LogP contribution in [0.5, 0.6) is 11.5 Å². The van der Waals surface area contributed by atoms with Gasteiger partial charge < -0.3 is 44.2 Å². The number of carbonyl (C=O) groups excluding carboxylic acids is 3. The summed E-state index contributed by atoms with van der Waals surface area (Å²) < 4.78 is 27.5. The van der Waals surface area contributed by atoms with Crippen LogP contribution in [0.2, 0.25) is 0 Å². The Bertz CT molecular complexity index is 2120. The highest BCUT2D eigenvalue weighted by Crippen LogP contribution is 2.42. The SMILES string of the molecule is O=C(O)COc1ccc2c(-c3ccccc3C(=O)OCC(=O)NCCOCCOCCNC(=O)/C=C/c3ccc(O)cc3)c3ccc(=O)cc-3oc2c1. The third-order valence-electron chi connectivity index (χ3n) is 7.58. The molecule has 2 amide bonds. The van der Waals surface area contributed by atoms with Gasteiger partial charge in [-0.05, 0) is 59.7 Å². The third kappa shape index (κ3) is 11.0. The molecule has 274 valence electrons. The number of nitrogens with one attached hydrogen (secondary N) is 2. The van der Waals surface area contributed by atoms with Gasteiger partial charge in [-0.25, -0.2) is 9.59 Å². The van der Waals surface area contributed by atoms with Crippen LogP contribution < -0.4 is 20.8 Å². The van der Waals surface area contributed by atoms with Crippen molar-refractivity contribution in [2.45, 2.75) is 0 Å². The molecule has 4 N–H and O–H groups in total. The van der Waals surface area contributed by atoms with Crippen molar-refractivity contribution < 1.29 is 52.8 Å². The van der Waals surface area contributed by atoms with Crippen molar-refractivity contribution in [3.8, 4) is 33.9 Å². The number of rotatable bonds is 18. The van der Waals surface area contributed by atoms with E-state index in [1.54, 1.807) is 60.7 Å². The zero-order valence-corrected chi connectivity index (χ0v) is 28.4. The second kappa shape index (κ2) is 18.6. The van der Waals surface area contributed by atoms with Gasteiger partial charge >= 0.3 is 11.9 Å². The van der Waals surface area contributed by atoms with Crippen molar-refractivity contribution >= 4 is 40.8 Å². The second-order valence-electron chi connectivity index (χ2n) is 11.4. The van der Waals surface area contributed by atoms with Crippen molar-refractivity contribution in [3.63, 3.8) is 0 Å². The highest BCUT2D eigenvalue weighted by Gasteiger charge is 2.23. The number of benzene rings is 4. The smallest absolute Gasteiger partial charge is 0.341 e. The summed E-state index contributed by atoms with van der Waals surface area (Å²) in [6.07, 6.45) is 3.02. The number of fused-ring (bicyclic) bond motifs is 2. The molecule has 14 heteroatoms. The molecule has 14 nitrogen and oxygen atoms in total. The van der Waals surface area contributed by atoms with Crippen molar-refractivity contribution in [1.82, 2.24) is 10.6 Å². The Morgan fingerprint density at radius 2 is 1.51 bits per heavy atom. The van der Waals surface area contributed by atoms with Gasteiger partial charge in [-0.1, -0.05) is 30.3 Å². The summed E-state index contributed by atoms with van der Waals surface area (Å²) >= 11 is 0. The lowest BCUT2D eigenvalue weighted by molar-refractivity contribution is -0.139. The summed E-state index contributed by atoms with van der Waals surface area (Å²) in [5.41, 5.74) is 2.51. The first-order chi connectivity index (χ1) is 25.7. The molecule has 0 unspecified atom stereocenters. The van der Waals surface area contributed by atoms with E-state index < -0.39 is 31.1 Å². The molecule has 1 aliphatic heterocycles. The number of carboxylic acids is 1. The Morgan fingerprint density at radius 3 is 2.26 bits per heavy atom. The van der Waals surface area contributed by atoms with Crippen LogP contribution in [0.1, 0.15) is 15.9 Å². The summed E-state index contributed by atoms with van der Waals surface area (Å²) in [6, 6.07) is 22.1. The van der Waals surface area contributed by atoms with E-state index in [-0.39, 0.29) is 72.7 Å². The highest BCUT2D eigenvalue weighted by molar-refractivity contribution is 6.08. The molecule has 0 atom stereocenters. The van der Waals surface area contributed by atoms with E-state index in [0.29, 0.717) is 28.6 Å². The fraction of sp³-hybridized carbons (Fsp3) is 0.205. The van der Waals surface area contributed by atoms with Crippen molar-refractivity contribution in [2.75, 3.05) is 52.7 Å². The van der Waals surface area contributed by atoms with E-state index in [1.165, 1.54) is 36.4 Å². The zero-order valence-electron chi connectivity index (χ0n) is 28.4. The van der Waals surface area contributed by atoms with E-state index in [2.05, 4.69) is 10.6 Å². The van der Waals surface area contributed by atoms with Gasteiger partial charge in [0.05, 0.1) is 32.0 Å². The van der Waals surface area contributed by atoms with Crippen LogP contribution in [0.15, 0.2) is 100 Å². The minimum atomic E-state index is -1.15. The molecule has 0 spiro atoms. The van der Waals surface area contributed by atoms with E-state index >= 15 is 0 Å². The molecule has 0 bridgehead atoms. The maximum atomic E-state index is 13.3. The van der Waals surface area contributed by atoms with Crippen LogP contribution in [0.3, 0.4) is 0 Å². The third-order valence-corrected chi connectivity index (χ3v) is 7.58. The monoisotopic (exact) mass is 724 g/mol. The van der Waals surface area contributed by atoms with Gasteiger partial charge in [-0.3, -0.25) is 14.4 Å². The number of ether oxygens (including phenoxy) is 4. The van der Waals surface area contributed by atoms with Crippen LogP contribution in [-0.2, 0) is 28.6 Å². The molecule has 3 aromatic rings. The highest BCUT2D eigenvalue weighted by atomic mass is 16.5. The predicted octanol–water partition coefficient (Wildman–Crippen LogP) is 3.87. The van der Waals surface area contributed by atoms with Crippen LogP contribution in [-0.4, -0.2) is 86.7 Å². The van der Waals surface area contributed by atoms with Crippen LogP contribution in [0, 0.1) is 0 Å². The van der Waals surface area contributed by atoms with Gasteiger partial charge in [0, 0.05) is 47.8 Å². The van der Waals surface area contributed by atoms with Gasteiger partial charge in [-0.2, -0.15) is 0 Å². The van der Waals surface area contributed by atoms with Crippen LogP contribution in [0.25, 0.3) is 39.5 Å². The molecule has 1 heterocycles. The Kier molecular flexibility index (Phi) is 13.3. The van der Waals surface area contributed by atoms with Gasteiger partial charge in [0.25, 0.3) is 5.91 Å². The molecular weight excluding hydrogens is 688 g/mol. The van der Waals surface area contributed by atoms with E-state index in [1.807, 2.05) is 0 Å². The summed E-state index contributed by atoms with van der Waals surface area (Å²) in [5.74, 6) is -2.08. The van der Waals surface area contributed by atoms with Gasteiger partial charge in [0.1, 0.15) is 22.8 Å². The molecule has 5 rings (SSSR count). The number of aliphatic carboxylic acids is 1. The maximum Gasteiger partial charge on any atom is 0.341 e. The van der Waals surface area contributed by atoms with E-state index in [9.17, 15) is 29.1 Å². The quantitative estimate of drug-likeness (QED) is 0.0441. The first-order valence-corrected chi connectivity index (χ1v) is 16.5. The summed E-state index contributed by atoms with van der Waals surface area (Å²) in [6.45, 7) is 0.392. The summed E-state index contributed by atoms with van der Waals surface area (Å²) in [4.78, 5) is 60.8. The number of amides is 2. The molecule has 53 heavy (non-hydrogen) atoms. The lowest BCUT2D eigenvalue weighted by atomic mass is 9.91. The Morgan fingerprint density at radius 1 is 0.774 bits per heavy atom. The minimum Gasteiger partial charge on any atom is -0.508 e. The number of hydrogen-bond donors (Lipinski definition) is 4. The molecule has 2 aliphatic rings. The molecule has 0 fully saturated rings. The van der Waals surface area contributed by atoms with Crippen molar-refractivity contribution in [1.29, 1.82) is 0 Å². The number of esters is 1. The average molecular weight is 725 g/mol. The fourth-order valence-electron chi connectivity index (χ4n) is 5.16. The number of aromatic hydroxyl groups is 1. The number of phenolic OH excluding ortho intramolecular Hbond substituents is 1. The number of carboxylic acid groups (broad SMARTS) is 1. The van der Waals surface area contributed by atoms with E-state index in [0.717, 1.165) is 5.56 Å². The molecule has 3 aromatic carbocycles. The maximum absolute atomic E-state index is 13.3. The Labute approximate surface area is 302 Å². The van der Waals surface area contributed by atoms with Gasteiger partial charge in [0.15, 0.2) is 18.6 Å². The first kappa shape index (κ1) is 37.7. The first-order valence-electron chi connectivity index (χ1n) is 16.5. The number of hydrogen-bond acceptors (Lipinski definition) is 11. The molecule has 0 saturated heterocycles. The van der Waals surface area contributed by atoms with Crippen LogP contribution >= 0.6 is 0 Å². The summed E-state index contributed by atoms with van der Waals surface area (Å²) in [7, 11) is 0. The molecule has 0 aromatic heterocycles. The van der Waals surface area contributed by atoms with E-state index in [4.69, 9.17) is 28.5 Å². The lowest BCUT2D eigenvalue weighted by Crippen LogP contribution is -2.32. The van der Waals surface area contributed by atoms with Gasteiger partial charge in [-0.15, -0.1) is 0 Å². The second-order valence-corrected chi connectivity index (χ2v) is 11.4. The Balaban J connectivity index is 1.07. The van der Waals surface area contributed by atoms with Crippen molar-refractivity contribution in [2.24, 2.45) is 0 Å². The number of phenols is 1. The Hall–Kier alpha value is -6.51. The normalized spacial score (nSPS) is 11.1. The molecule has 1 aliphatic carbocycles. The predicted molar refractivity (Wildman–Crippen MR) is 193 cm³/mol. The zero-order chi connectivity index (χ0) is 37.6. The minimum absolute atomic E-state index is 0.148. The molecule has 0 radical (unpaired) electrons. The van der Waals surface area contributed by atoms with Crippen molar-refractivity contribution in [3.05, 3.63) is 112 Å². The van der Waals surface area contributed by atoms with Gasteiger partial charge in [0.2, 0.25) is 5.91 Å². The lowest BCUT2D eigenvalue weighted by Gasteiger charge is -2.17. The summed E-state index contributed by atoms with van der Waals surface area (Å²) in [5, 5.41) is 24.2. The van der Waals surface area contributed by atoms with Crippen LogP contribution in [0.4, 0.5) is 0 Å². The molecule has 0 saturated carbocycles. The fourth-order valence-corrected chi connectivity index (χ4v) is 5.16. The largest absolute Gasteiger partial charge is 0.508 e. The standard InChI is InChI=1S/C39H36N2O12/c42-26-8-5-25(6-9-26)7-14-35(44)40-15-17-49-19-20-50-18-16-41-36(45)23-52-39(48)30-4-2-1-3-29(30)38-31-12-10-27(43)21-33(31)53-34-22-28(11-13-32(34)38)51-24-37(46)47/h1-14,21-22,42H,15-20,23-24H2,(H,40,44)(H,41,45)(H,46,47)/b14-7+. The average Bonchev–Trinajstić information content (AvgIpc) is 3.15. The topological polar surface area (TPSA) is 200 Å². The number of carbonyl (C=O) groups is 4.